The maximum absolute atomic E-state index is 8.05. The average Bonchev–Trinajstić information content (AvgIpc) is 2.41. The lowest BCUT2D eigenvalue weighted by atomic mass is 9.88. The smallest absolute Gasteiger partial charge is 0.139 e. The van der Waals surface area contributed by atoms with Crippen molar-refractivity contribution in [3.05, 3.63) is 0 Å². The van der Waals surface area contributed by atoms with E-state index in [1.165, 1.54) is 70.4 Å². The maximum atomic E-state index is 8.05. The summed E-state index contributed by atoms with van der Waals surface area (Å²) in [6.07, 6.45) is 14.1. The summed E-state index contributed by atoms with van der Waals surface area (Å²) in [4.78, 5) is 2.28. The van der Waals surface area contributed by atoms with Gasteiger partial charge in [0.05, 0.1) is 6.21 Å². The number of rotatable bonds is 3. The summed E-state index contributed by atoms with van der Waals surface area (Å²) in [5.74, 6) is 0.448. The van der Waals surface area contributed by atoms with E-state index >= 15 is 0 Å². The molecular weight excluding hydrogens is 210 g/mol. The highest BCUT2D eigenvalue weighted by atomic mass is 15.2. The summed E-state index contributed by atoms with van der Waals surface area (Å²) >= 11 is 0. The molecule has 2 aliphatic carbocycles. The first-order valence-corrected chi connectivity index (χ1v) is 7.20. The van der Waals surface area contributed by atoms with Crippen molar-refractivity contribution in [3.63, 3.8) is 0 Å². The summed E-state index contributed by atoms with van der Waals surface area (Å²) in [6.45, 7) is 0. The molecule has 2 saturated carbocycles. The average molecular weight is 235 g/mol. The molecule has 3 heteroatoms. The maximum Gasteiger partial charge on any atom is 0.139 e. The molecule has 0 aromatic heterocycles. The molecule has 2 rings (SSSR count). The minimum Gasteiger partial charge on any atom is -0.350 e. The molecule has 0 aromatic carbocycles. The molecule has 2 N–H and O–H groups in total. The summed E-state index contributed by atoms with van der Waals surface area (Å²) in [6, 6.07) is 1.09. The molecule has 0 atom stereocenters. The van der Waals surface area contributed by atoms with Crippen LogP contribution in [0.1, 0.15) is 64.2 Å². The Morgan fingerprint density at radius 2 is 1.24 bits per heavy atom. The molecule has 0 aromatic rings. The van der Waals surface area contributed by atoms with E-state index in [4.69, 9.17) is 10.8 Å². The zero-order valence-corrected chi connectivity index (χ0v) is 10.8. The standard InChI is InChI=1S/C14H25N3/c15-11-14(16)17(12-7-3-1-4-8-12)13-9-5-2-6-10-13/h11-13,15-16H,1-10H2. The van der Waals surface area contributed by atoms with Crippen LogP contribution < -0.4 is 0 Å². The number of hydrogen-bond donors (Lipinski definition) is 2. The molecule has 2 aliphatic rings. The Morgan fingerprint density at radius 1 is 0.824 bits per heavy atom. The van der Waals surface area contributed by atoms with Crippen LogP contribution in [0, 0.1) is 10.8 Å². The summed E-state index contributed by atoms with van der Waals surface area (Å²) in [5, 5.41) is 15.4. The monoisotopic (exact) mass is 235 g/mol. The second-order valence-electron chi connectivity index (χ2n) is 5.52. The van der Waals surface area contributed by atoms with Gasteiger partial charge in [-0.25, -0.2) is 0 Å². The highest BCUT2D eigenvalue weighted by Crippen LogP contribution is 2.30. The third-order valence-corrected chi connectivity index (χ3v) is 4.35. The number of hydrogen-bond acceptors (Lipinski definition) is 2. The van der Waals surface area contributed by atoms with Crippen LogP contribution >= 0.6 is 0 Å². The Labute approximate surface area is 105 Å². The number of nitrogens with one attached hydrogen (secondary N) is 2. The molecule has 17 heavy (non-hydrogen) atoms. The largest absolute Gasteiger partial charge is 0.350 e. The first-order chi connectivity index (χ1) is 8.33. The van der Waals surface area contributed by atoms with E-state index in [9.17, 15) is 0 Å². The van der Waals surface area contributed by atoms with E-state index in [0.717, 1.165) is 0 Å². The van der Waals surface area contributed by atoms with Gasteiger partial charge in [-0.2, -0.15) is 0 Å². The van der Waals surface area contributed by atoms with Crippen molar-refractivity contribution in [2.24, 2.45) is 0 Å². The second kappa shape index (κ2) is 6.18. The van der Waals surface area contributed by atoms with Gasteiger partial charge in [0.15, 0.2) is 0 Å². The van der Waals surface area contributed by atoms with E-state index in [1.54, 1.807) is 0 Å². The van der Waals surface area contributed by atoms with Gasteiger partial charge >= 0.3 is 0 Å². The van der Waals surface area contributed by atoms with E-state index in [0.29, 0.717) is 17.9 Å². The number of nitrogens with zero attached hydrogens (tertiary/aromatic N) is 1. The van der Waals surface area contributed by atoms with Gasteiger partial charge in [-0.05, 0) is 25.7 Å². The summed E-state index contributed by atoms with van der Waals surface area (Å²) in [5.41, 5.74) is 0. The van der Waals surface area contributed by atoms with Crippen LogP contribution in [0.15, 0.2) is 0 Å². The molecule has 2 fully saturated rings. The van der Waals surface area contributed by atoms with Crippen LogP contribution in [-0.4, -0.2) is 29.0 Å². The van der Waals surface area contributed by atoms with Gasteiger partial charge in [-0.15, -0.1) is 0 Å². The first kappa shape index (κ1) is 12.6. The van der Waals surface area contributed by atoms with Crippen molar-refractivity contribution in [2.45, 2.75) is 76.3 Å². The van der Waals surface area contributed by atoms with Gasteiger partial charge in [-0.1, -0.05) is 38.5 Å². The normalized spacial score (nSPS) is 23.3. The third kappa shape index (κ3) is 3.08. The van der Waals surface area contributed by atoms with Crippen molar-refractivity contribution in [2.75, 3.05) is 0 Å². The van der Waals surface area contributed by atoms with E-state index in [2.05, 4.69) is 4.90 Å². The lowest BCUT2D eigenvalue weighted by Gasteiger charge is -2.42. The van der Waals surface area contributed by atoms with Gasteiger partial charge in [0.2, 0.25) is 0 Å². The minimum absolute atomic E-state index is 0.448. The van der Waals surface area contributed by atoms with Crippen molar-refractivity contribution in [1.82, 2.24) is 4.90 Å². The van der Waals surface area contributed by atoms with Crippen molar-refractivity contribution in [1.29, 1.82) is 10.8 Å². The first-order valence-electron chi connectivity index (χ1n) is 7.20. The van der Waals surface area contributed by atoms with E-state index in [-0.39, 0.29) is 0 Å². The predicted octanol–water partition coefficient (Wildman–Crippen LogP) is 3.58. The van der Waals surface area contributed by atoms with Crippen molar-refractivity contribution >= 4 is 12.1 Å². The van der Waals surface area contributed by atoms with Crippen LogP contribution in [0.3, 0.4) is 0 Å². The molecule has 0 amide bonds. The van der Waals surface area contributed by atoms with Crippen LogP contribution in [-0.2, 0) is 0 Å². The van der Waals surface area contributed by atoms with Crippen LogP contribution in [0.25, 0.3) is 0 Å². The van der Waals surface area contributed by atoms with Crippen LogP contribution in [0.5, 0.6) is 0 Å². The fourth-order valence-electron chi connectivity index (χ4n) is 3.48. The van der Waals surface area contributed by atoms with Gasteiger partial charge in [0.1, 0.15) is 5.84 Å². The fraction of sp³-hybridized carbons (Fsp3) is 0.857. The lowest BCUT2D eigenvalue weighted by molar-refractivity contribution is 0.159. The molecule has 96 valence electrons. The van der Waals surface area contributed by atoms with Gasteiger partial charge in [-0.3, -0.25) is 5.41 Å². The van der Waals surface area contributed by atoms with Crippen molar-refractivity contribution < 1.29 is 0 Å². The molecule has 0 aliphatic heterocycles. The molecular formula is C14H25N3. The Morgan fingerprint density at radius 3 is 1.59 bits per heavy atom. The zero-order valence-electron chi connectivity index (χ0n) is 10.8. The quantitative estimate of drug-likeness (QED) is 0.570. The SMILES string of the molecule is N=CC(=N)N(C1CCCCC1)C1CCCCC1. The molecule has 0 bridgehead atoms. The molecule has 0 radical (unpaired) electrons. The predicted molar refractivity (Wildman–Crippen MR) is 72.1 cm³/mol. The number of amidine groups is 1. The molecule has 0 saturated heterocycles. The highest BCUT2D eigenvalue weighted by Gasteiger charge is 2.29. The third-order valence-electron chi connectivity index (χ3n) is 4.35. The minimum atomic E-state index is 0.448. The van der Waals surface area contributed by atoms with Gasteiger partial charge in [0, 0.05) is 12.1 Å². The zero-order chi connectivity index (χ0) is 12.1. The molecule has 0 unspecified atom stereocenters. The lowest BCUT2D eigenvalue weighted by Crippen LogP contribution is -2.48. The molecule has 0 spiro atoms. The van der Waals surface area contributed by atoms with E-state index < -0.39 is 0 Å². The Kier molecular flexibility index (Phi) is 4.57. The molecule has 3 nitrogen and oxygen atoms in total. The molecule has 0 heterocycles. The van der Waals surface area contributed by atoms with E-state index in [1.807, 2.05) is 0 Å². The summed E-state index contributed by atoms with van der Waals surface area (Å²) < 4.78 is 0. The van der Waals surface area contributed by atoms with Crippen molar-refractivity contribution in [3.8, 4) is 0 Å². The van der Waals surface area contributed by atoms with Crippen LogP contribution in [0.4, 0.5) is 0 Å². The van der Waals surface area contributed by atoms with Crippen LogP contribution in [0.2, 0.25) is 0 Å². The Bertz CT molecular complexity index is 245. The summed E-state index contributed by atoms with van der Waals surface area (Å²) in [7, 11) is 0. The Hall–Kier alpha value is -0.860. The van der Waals surface area contributed by atoms with Gasteiger partial charge < -0.3 is 10.3 Å². The highest BCUT2D eigenvalue weighted by molar-refractivity contribution is 6.26. The second-order valence-corrected chi connectivity index (χ2v) is 5.52. The topological polar surface area (TPSA) is 50.9 Å². The fourth-order valence-corrected chi connectivity index (χ4v) is 3.48. The Balaban J connectivity index is 2.05. The van der Waals surface area contributed by atoms with Gasteiger partial charge in [0.25, 0.3) is 0 Å².